The van der Waals surface area contributed by atoms with Crippen LogP contribution in [0.4, 0.5) is 0 Å². The molecule has 1 aromatic rings. The van der Waals surface area contributed by atoms with E-state index in [9.17, 15) is 4.79 Å². The molecule has 1 aromatic heterocycles. The van der Waals surface area contributed by atoms with Gasteiger partial charge in [-0.15, -0.1) is 0 Å². The highest BCUT2D eigenvalue weighted by Gasteiger charge is 2.17. The van der Waals surface area contributed by atoms with Gasteiger partial charge >= 0.3 is 0 Å². The molecule has 2 rings (SSSR count). The van der Waals surface area contributed by atoms with Gasteiger partial charge in [0.2, 0.25) is 0 Å². The molecule has 0 radical (unpaired) electrons. The lowest BCUT2D eigenvalue weighted by atomic mass is 10.1. The molecule has 78 valence electrons. The summed E-state index contributed by atoms with van der Waals surface area (Å²) in [5, 5.41) is 0.562. The van der Waals surface area contributed by atoms with Crippen LogP contribution in [0.2, 0.25) is 5.02 Å². The lowest BCUT2D eigenvalue weighted by molar-refractivity contribution is 0.0981. The molecule has 0 atom stereocenters. The topological polar surface area (TPSA) is 30.0 Å². The fraction of sp³-hybridized carbons (Fsp3) is 0.333. The molecule has 15 heavy (non-hydrogen) atoms. The zero-order chi connectivity index (χ0) is 10.8. The first kappa shape index (κ1) is 10.4. The Bertz CT molecular complexity index is 437. The van der Waals surface area contributed by atoms with Crippen LogP contribution in [-0.4, -0.2) is 10.8 Å². The van der Waals surface area contributed by atoms with Crippen molar-refractivity contribution in [1.29, 1.82) is 0 Å². The Morgan fingerprint density at radius 3 is 3.13 bits per heavy atom. The Kier molecular flexibility index (Phi) is 2.87. The number of carbonyl (C=O) groups excluding carboxylic acids is 1. The average Bonchev–Trinajstić information content (AvgIpc) is 2.67. The largest absolute Gasteiger partial charge is 0.294 e. The van der Waals surface area contributed by atoms with Crippen LogP contribution in [0, 0.1) is 0 Å². The summed E-state index contributed by atoms with van der Waals surface area (Å²) in [4.78, 5) is 16.0. The molecule has 0 spiro atoms. The number of Topliss-reactive ketones (excluding diaryl/α,β-unsaturated/α-hetero) is 1. The van der Waals surface area contributed by atoms with Gasteiger partial charge in [-0.25, -0.2) is 0 Å². The zero-order valence-corrected chi connectivity index (χ0v) is 9.34. The quantitative estimate of drug-likeness (QED) is 0.734. The van der Waals surface area contributed by atoms with Crippen LogP contribution >= 0.6 is 11.6 Å². The highest BCUT2D eigenvalue weighted by atomic mass is 35.5. The number of hydrogen-bond acceptors (Lipinski definition) is 2. The van der Waals surface area contributed by atoms with Gasteiger partial charge in [-0.1, -0.05) is 30.7 Å². The first-order chi connectivity index (χ1) is 7.24. The molecule has 1 heterocycles. The fourth-order valence-electron chi connectivity index (χ4n) is 1.72. The van der Waals surface area contributed by atoms with Gasteiger partial charge < -0.3 is 0 Å². The van der Waals surface area contributed by atoms with Crippen molar-refractivity contribution < 1.29 is 4.79 Å². The molecule has 0 aromatic carbocycles. The van der Waals surface area contributed by atoms with Crippen molar-refractivity contribution >= 4 is 23.5 Å². The number of allylic oxidation sites excluding steroid dienone is 1. The maximum Gasteiger partial charge on any atom is 0.165 e. The monoisotopic (exact) mass is 221 g/mol. The first-order valence-electron chi connectivity index (χ1n) is 5.11. The van der Waals surface area contributed by atoms with Gasteiger partial charge in [-0.3, -0.25) is 9.78 Å². The van der Waals surface area contributed by atoms with Gasteiger partial charge in [0.1, 0.15) is 0 Å². The van der Waals surface area contributed by atoms with E-state index in [0.29, 0.717) is 17.0 Å². The van der Waals surface area contributed by atoms with Crippen LogP contribution in [0.3, 0.4) is 0 Å². The minimum atomic E-state index is 0.0816. The Morgan fingerprint density at radius 2 is 2.40 bits per heavy atom. The number of hydrogen-bond donors (Lipinski definition) is 0. The SMILES string of the molecule is CCCC(=O)c1cnc2c(c1Cl)C=CC2. The minimum absolute atomic E-state index is 0.0816. The number of carbonyl (C=O) groups is 1. The number of ketones is 1. The lowest BCUT2D eigenvalue weighted by Crippen LogP contribution is -2.03. The molecule has 2 nitrogen and oxygen atoms in total. The number of halogens is 1. The Hall–Kier alpha value is -1.15. The maximum absolute atomic E-state index is 11.7. The predicted octanol–water partition coefficient (Wildman–Crippen LogP) is 3.29. The summed E-state index contributed by atoms with van der Waals surface area (Å²) in [5.41, 5.74) is 2.44. The van der Waals surface area contributed by atoms with Gasteiger partial charge in [0.05, 0.1) is 16.3 Å². The normalized spacial score (nSPS) is 12.9. The third-order valence-electron chi connectivity index (χ3n) is 2.51. The molecule has 0 aliphatic heterocycles. The van der Waals surface area contributed by atoms with Crippen molar-refractivity contribution in [3.05, 3.63) is 34.1 Å². The van der Waals surface area contributed by atoms with Gasteiger partial charge in [-0.2, -0.15) is 0 Å². The van der Waals surface area contributed by atoms with Crippen molar-refractivity contribution in [1.82, 2.24) is 4.98 Å². The molecule has 1 aliphatic rings. The third kappa shape index (κ3) is 1.82. The van der Waals surface area contributed by atoms with Crippen LogP contribution in [0.1, 0.15) is 41.4 Å². The van der Waals surface area contributed by atoms with Crippen LogP contribution < -0.4 is 0 Å². The summed E-state index contributed by atoms with van der Waals surface area (Å²) in [5.74, 6) is 0.0816. The molecule has 0 bridgehead atoms. The van der Waals surface area contributed by atoms with E-state index in [1.807, 2.05) is 19.1 Å². The molecule has 0 amide bonds. The predicted molar refractivity (Wildman–Crippen MR) is 61.2 cm³/mol. The molecule has 0 saturated heterocycles. The average molecular weight is 222 g/mol. The number of pyridine rings is 1. The van der Waals surface area contributed by atoms with Crippen LogP contribution in [-0.2, 0) is 6.42 Å². The molecular formula is C12H12ClNO. The summed E-state index contributed by atoms with van der Waals surface area (Å²) < 4.78 is 0. The summed E-state index contributed by atoms with van der Waals surface area (Å²) in [6.45, 7) is 1.98. The van der Waals surface area contributed by atoms with Crippen molar-refractivity contribution in [3.8, 4) is 0 Å². The summed E-state index contributed by atoms with van der Waals surface area (Å²) in [6, 6.07) is 0. The van der Waals surface area contributed by atoms with Crippen molar-refractivity contribution in [2.75, 3.05) is 0 Å². The summed E-state index contributed by atoms with van der Waals surface area (Å²) >= 11 is 6.17. The van der Waals surface area contributed by atoms with Crippen molar-refractivity contribution in [3.63, 3.8) is 0 Å². The van der Waals surface area contributed by atoms with E-state index in [1.54, 1.807) is 6.20 Å². The Morgan fingerprint density at radius 1 is 1.60 bits per heavy atom. The highest BCUT2D eigenvalue weighted by Crippen LogP contribution is 2.29. The Balaban J connectivity index is 2.42. The van der Waals surface area contributed by atoms with Crippen LogP contribution in [0.15, 0.2) is 12.3 Å². The summed E-state index contributed by atoms with van der Waals surface area (Å²) in [6.07, 6.45) is 7.74. The fourth-order valence-corrected chi connectivity index (χ4v) is 2.04. The van der Waals surface area contributed by atoms with Crippen molar-refractivity contribution in [2.45, 2.75) is 26.2 Å². The minimum Gasteiger partial charge on any atom is -0.294 e. The standard InChI is InChI=1S/C12H12ClNO/c1-2-4-11(15)9-7-14-10-6-3-5-8(10)12(9)13/h3,5,7H,2,4,6H2,1H3. The van der Waals surface area contributed by atoms with Crippen LogP contribution in [0.5, 0.6) is 0 Å². The number of rotatable bonds is 3. The third-order valence-corrected chi connectivity index (χ3v) is 2.91. The van der Waals surface area contributed by atoms with E-state index in [-0.39, 0.29) is 5.78 Å². The van der Waals surface area contributed by atoms with Gasteiger partial charge in [0.25, 0.3) is 0 Å². The second-order valence-corrected chi connectivity index (χ2v) is 4.00. The van der Waals surface area contributed by atoms with Crippen molar-refractivity contribution in [2.24, 2.45) is 0 Å². The molecule has 0 unspecified atom stereocenters. The van der Waals surface area contributed by atoms with Gasteiger partial charge in [-0.05, 0) is 6.42 Å². The second-order valence-electron chi connectivity index (χ2n) is 3.63. The summed E-state index contributed by atoms with van der Waals surface area (Å²) in [7, 11) is 0. The number of fused-ring (bicyclic) bond motifs is 1. The van der Waals surface area contributed by atoms with Crippen LogP contribution in [0.25, 0.3) is 6.08 Å². The molecular weight excluding hydrogens is 210 g/mol. The molecule has 0 saturated carbocycles. The highest BCUT2D eigenvalue weighted by molar-refractivity contribution is 6.35. The lowest BCUT2D eigenvalue weighted by Gasteiger charge is -2.06. The number of nitrogens with zero attached hydrogens (tertiary/aromatic N) is 1. The van der Waals surface area contributed by atoms with Gasteiger partial charge in [0, 0.05) is 24.6 Å². The van der Waals surface area contributed by atoms with E-state index < -0.39 is 0 Å². The second kappa shape index (κ2) is 4.15. The molecule has 0 fully saturated rings. The van der Waals surface area contributed by atoms with E-state index in [0.717, 1.165) is 24.1 Å². The zero-order valence-electron chi connectivity index (χ0n) is 8.59. The van der Waals surface area contributed by atoms with Gasteiger partial charge in [0.15, 0.2) is 5.78 Å². The number of aromatic nitrogens is 1. The first-order valence-corrected chi connectivity index (χ1v) is 5.49. The van der Waals surface area contributed by atoms with E-state index in [4.69, 9.17) is 11.6 Å². The van der Waals surface area contributed by atoms with E-state index >= 15 is 0 Å². The smallest absolute Gasteiger partial charge is 0.165 e. The van der Waals surface area contributed by atoms with E-state index in [1.165, 1.54) is 0 Å². The maximum atomic E-state index is 11.7. The molecule has 1 aliphatic carbocycles. The molecule has 0 N–H and O–H groups in total. The van der Waals surface area contributed by atoms with E-state index in [2.05, 4.69) is 4.98 Å². The molecule has 3 heteroatoms. The Labute approximate surface area is 94.0 Å².